The third kappa shape index (κ3) is 5.21. The van der Waals surface area contributed by atoms with E-state index in [1.165, 1.54) is 6.07 Å². The van der Waals surface area contributed by atoms with Crippen LogP contribution in [-0.4, -0.2) is 18.6 Å². The summed E-state index contributed by atoms with van der Waals surface area (Å²) in [7, 11) is 0. The van der Waals surface area contributed by atoms with Crippen LogP contribution >= 0.6 is 0 Å². The Balaban J connectivity index is 2.59. The van der Waals surface area contributed by atoms with Gasteiger partial charge < -0.3 is 15.8 Å². The van der Waals surface area contributed by atoms with Gasteiger partial charge in [-0.15, -0.1) is 0 Å². The summed E-state index contributed by atoms with van der Waals surface area (Å²) < 4.78 is 28.8. The van der Waals surface area contributed by atoms with Crippen molar-refractivity contribution < 1.29 is 18.3 Å². The van der Waals surface area contributed by atoms with Crippen molar-refractivity contribution >= 4 is 5.91 Å². The van der Waals surface area contributed by atoms with Gasteiger partial charge in [0.1, 0.15) is 5.75 Å². The number of carbonyl (C=O) groups excluding carboxylic acids is 1. The van der Waals surface area contributed by atoms with Crippen LogP contribution in [0.15, 0.2) is 24.3 Å². The lowest BCUT2D eigenvalue weighted by molar-refractivity contribution is -0.122. The molecule has 0 saturated heterocycles. The molecule has 0 spiro atoms. The van der Waals surface area contributed by atoms with Gasteiger partial charge in [-0.05, 0) is 12.5 Å². The molecule has 0 aliphatic heterocycles. The number of nitrogens with two attached hydrogens (primary N) is 1. The second-order valence-corrected chi connectivity index (χ2v) is 4.10. The summed E-state index contributed by atoms with van der Waals surface area (Å²) in [4.78, 5) is 11.6. The zero-order valence-corrected chi connectivity index (χ0v) is 10.7. The Hall–Kier alpha value is -1.69. The highest BCUT2D eigenvalue weighted by Gasteiger charge is 2.13. The summed E-state index contributed by atoms with van der Waals surface area (Å²) in [6, 6.07) is 5.74. The molecular weight excluding hydrogens is 254 g/mol. The highest BCUT2D eigenvalue weighted by molar-refractivity contribution is 5.81. The van der Waals surface area contributed by atoms with Crippen LogP contribution < -0.4 is 15.8 Å². The first-order valence-electron chi connectivity index (χ1n) is 6.10. The number of alkyl halides is 2. The van der Waals surface area contributed by atoms with E-state index in [9.17, 15) is 13.6 Å². The third-order valence-electron chi connectivity index (χ3n) is 2.58. The number of hydrogen-bond acceptors (Lipinski definition) is 3. The van der Waals surface area contributed by atoms with Gasteiger partial charge in [0, 0.05) is 12.1 Å². The quantitative estimate of drug-likeness (QED) is 0.798. The molecule has 1 aromatic rings. The maximum Gasteiger partial charge on any atom is 0.387 e. The zero-order valence-electron chi connectivity index (χ0n) is 10.7. The van der Waals surface area contributed by atoms with Gasteiger partial charge >= 0.3 is 6.61 Å². The van der Waals surface area contributed by atoms with Crippen molar-refractivity contribution in [1.82, 2.24) is 5.32 Å². The Morgan fingerprint density at radius 1 is 1.42 bits per heavy atom. The maximum absolute atomic E-state index is 12.2. The number of hydrogen-bond donors (Lipinski definition) is 2. The van der Waals surface area contributed by atoms with Crippen molar-refractivity contribution in [2.75, 3.05) is 0 Å². The van der Waals surface area contributed by atoms with Crippen molar-refractivity contribution in [2.24, 2.45) is 5.73 Å². The fourth-order valence-electron chi connectivity index (χ4n) is 1.62. The van der Waals surface area contributed by atoms with E-state index >= 15 is 0 Å². The summed E-state index contributed by atoms with van der Waals surface area (Å²) in [6.45, 7) is -0.850. The van der Waals surface area contributed by atoms with Gasteiger partial charge in [0.05, 0.1) is 6.04 Å². The second kappa shape index (κ2) is 7.68. The zero-order chi connectivity index (χ0) is 14.3. The van der Waals surface area contributed by atoms with Crippen molar-refractivity contribution in [1.29, 1.82) is 0 Å². The normalized spacial score (nSPS) is 12.3. The molecule has 0 saturated carbocycles. The van der Waals surface area contributed by atoms with Gasteiger partial charge in [-0.2, -0.15) is 8.78 Å². The minimum atomic E-state index is -2.89. The SMILES string of the molecule is CCCC(N)C(=O)NCc1ccccc1OC(F)F. The molecular formula is C13H18F2N2O2. The Labute approximate surface area is 110 Å². The molecule has 0 fully saturated rings. The standard InChI is InChI=1S/C13H18F2N2O2/c1-2-5-10(16)12(18)17-8-9-6-3-4-7-11(9)19-13(14)15/h3-4,6-7,10,13H,2,5,8,16H2,1H3,(H,17,18). The van der Waals surface area contributed by atoms with Crippen LogP contribution in [0, 0.1) is 0 Å². The van der Waals surface area contributed by atoms with Crippen LogP contribution in [0.2, 0.25) is 0 Å². The molecule has 0 bridgehead atoms. The fraction of sp³-hybridized carbons (Fsp3) is 0.462. The summed E-state index contributed by atoms with van der Waals surface area (Å²) in [5.74, 6) is -0.240. The second-order valence-electron chi connectivity index (χ2n) is 4.10. The number of benzene rings is 1. The first kappa shape index (κ1) is 15.4. The van der Waals surface area contributed by atoms with E-state index in [0.29, 0.717) is 12.0 Å². The van der Waals surface area contributed by atoms with Crippen LogP contribution in [0.1, 0.15) is 25.3 Å². The number of nitrogens with one attached hydrogen (secondary N) is 1. The number of rotatable bonds is 7. The molecule has 0 aliphatic rings. The molecule has 0 heterocycles. The smallest absolute Gasteiger partial charge is 0.387 e. The molecule has 1 unspecified atom stereocenters. The van der Waals surface area contributed by atoms with Crippen LogP contribution in [0.4, 0.5) is 8.78 Å². The Morgan fingerprint density at radius 2 is 2.11 bits per heavy atom. The van der Waals surface area contributed by atoms with Crippen LogP contribution in [-0.2, 0) is 11.3 Å². The fourth-order valence-corrected chi connectivity index (χ4v) is 1.62. The van der Waals surface area contributed by atoms with Gasteiger partial charge in [-0.3, -0.25) is 4.79 Å². The third-order valence-corrected chi connectivity index (χ3v) is 2.58. The lowest BCUT2D eigenvalue weighted by atomic mass is 10.1. The number of halogens is 2. The average molecular weight is 272 g/mol. The highest BCUT2D eigenvalue weighted by Crippen LogP contribution is 2.19. The van der Waals surface area contributed by atoms with Crippen LogP contribution in [0.25, 0.3) is 0 Å². The predicted molar refractivity (Wildman–Crippen MR) is 67.8 cm³/mol. The molecule has 3 N–H and O–H groups in total. The molecule has 1 amide bonds. The number of para-hydroxylation sites is 1. The number of carbonyl (C=O) groups is 1. The number of amides is 1. The minimum absolute atomic E-state index is 0.0573. The van der Waals surface area contributed by atoms with Gasteiger partial charge in [0.15, 0.2) is 0 Å². The van der Waals surface area contributed by atoms with E-state index in [-0.39, 0.29) is 18.2 Å². The Morgan fingerprint density at radius 3 is 2.74 bits per heavy atom. The van der Waals surface area contributed by atoms with Crippen molar-refractivity contribution in [3.63, 3.8) is 0 Å². The lowest BCUT2D eigenvalue weighted by Crippen LogP contribution is -2.40. The molecule has 0 aromatic heterocycles. The lowest BCUT2D eigenvalue weighted by Gasteiger charge is -2.13. The van der Waals surface area contributed by atoms with E-state index in [4.69, 9.17) is 5.73 Å². The molecule has 1 aromatic carbocycles. The molecule has 4 nitrogen and oxygen atoms in total. The van der Waals surface area contributed by atoms with Gasteiger partial charge in [-0.25, -0.2) is 0 Å². The van der Waals surface area contributed by atoms with E-state index in [1.54, 1.807) is 18.2 Å². The summed E-state index contributed by atoms with van der Waals surface area (Å²) in [5.41, 5.74) is 6.13. The molecule has 6 heteroatoms. The Kier molecular flexibility index (Phi) is 6.21. The van der Waals surface area contributed by atoms with Crippen molar-refractivity contribution in [2.45, 2.75) is 39.0 Å². The molecule has 1 rings (SSSR count). The summed E-state index contributed by atoms with van der Waals surface area (Å²) in [6.07, 6.45) is 1.39. The minimum Gasteiger partial charge on any atom is -0.434 e. The molecule has 0 radical (unpaired) electrons. The monoisotopic (exact) mass is 272 g/mol. The van der Waals surface area contributed by atoms with Gasteiger partial charge in [0.2, 0.25) is 5.91 Å². The highest BCUT2D eigenvalue weighted by atomic mass is 19.3. The topological polar surface area (TPSA) is 64.4 Å². The van der Waals surface area contributed by atoms with Gasteiger partial charge in [-0.1, -0.05) is 31.5 Å². The molecule has 106 valence electrons. The Bertz CT molecular complexity index is 413. The average Bonchev–Trinajstić information content (AvgIpc) is 2.37. The van der Waals surface area contributed by atoms with E-state index in [2.05, 4.69) is 10.1 Å². The summed E-state index contributed by atoms with van der Waals surface area (Å²) in [5, 5.41) is 2.61. The van der Waals surface area contributed by atoms with Crippen molar-refractivity contribution in [3.8, 4) is 5.75 Å². The van der Waals surface area contributed by atoms with E-state index < -0.39 is 12.7 Å². The van der Waals surface area contributed by atoms with Crippen LogP contribution in [0.5, 0.6) is 5.75 Å². The first-order chi connectivity index (χ1) is 9.04. The van der Waals surface area contributed by atoms with Crippen LogP contribution in [0.3, 0.4) is 0 Å². The first-order valence-corrected chi connectivity index (χ1v) is 6.10. The van der Waals surface area contributed by atoms with E-state index in [1.807, 2.05) is 6.92 Å². The van der Waals surface area contributed by atoms with Gasteiger partial charge in [0.25, 0.3) is 0 Å². The number of ether oxygens (including phenoxy) is 1. The largest absolute Gasteiger partial charge is 0.434 e. The molecule has 19 heavy (non-hydrogen) atoms. The maximum atomic E-state index is 12.2. The van der Waals surface area contributed by atoms with E-state index in [0.717, 1.165) is 6.42 Å². The summed E-state index contributed by atoms with van der Waals surface area (Å²) >= 11 is 0. The van der Waals surface area contributed by atoms with Crippen molar-refractivity contribution in [3.05, 3.63) is 29.8 Å². The predicted octanol–water partition coefficient (Wildman–Crippen LogP) is 2.03. The molecule has 1 atom stereocenters. The molecule has 0 aliphatic carbocycles.